The molecule has 10 heteroatoms. The van der Waals surface area contributed by atoms with E-state index in [1.54, 1.807) is 0 Å². The number of amides is 1. The first kappa shape index (κ1) is 28.0. The Morgan fingerprint density at radius 1 is 1.12 bits per heavy atom. The van der Waals surface area contributed by atoms with Crippen molar-refractivity contribution < 1.29 is 9.90 Å². The topological polar surface area (TPSA) is 144 Å². The number of nitrogens with one attached hydrogen (secondary N) is 1. The van der Waals surface area contributed by atoms with Crippen molar-refractivity contribution in [1.82, 2.24) is 24.5 Å². The predicted octanol–water partition coefficient (Wildman–Crippen LogP) is 6.21. The zero-order valence-electron chi connectivity index (χ0n) is 24.1. The SMILES string of the molecule is CCC1CCC(Cn2c(-c3cc(C(C)C)ccn3)nc3nc(/C(N)=N/C(=O)O)nc(N[C@H](C)C4CCC4)c32)CC1. The van der Waals surface area contributed by atoms with E-state index in [0.29, 0.717) is 29.2 Å². The van der Waals surface area contributed by atoms with E-state index in [1.165, 1.54) is 56.9 Å². The lowest BCUT2D eigenvalue weighted by Crippen LogP contribution is -2.32. The van der Waals surface area contributed by atoms with Gasteiger partial charge in [0.05, 0.1) is 0 Å². The standard InChI is InChI=1S/C30H42N8O2/c1-5-19-9-11-20(12-10-19)16-38-24-26(33-18(4)21-7-6-8-21)35-28(25(31)34-30(39)40)36-27(24)37-29(38)23-15-22(17(2)3)13-14-32-23/h13-15,17-21H,5-12,16H2,1-4H3,(H2,31,34)(H,39,40)(H,33,35,36)/t18-,19?,20?/m1/s1. The molecule has 1 amide bonds. The summed E-state index contributed by atoms with van der Waals surface area (Å²) in [6, 6.07) is 4.34. The summed E-state index contributed by atoms with van der Waals surface area (Å²) in [4.78, 5) is 33.8. The number of amidine groups is 1. The number of fused-ring (bicyclic) bond motifs is 1. The van der Waals surface area contributed by atoms with Gasteiger partial charge in [0.2, 0.25) is 0 Å². The largest absolute Gasteiger partial charge is 0.463 e. The summed E-state index contributed by atoms with van der Waals surface area (Å²) >= 11 is 0. The second kappa shape index (κ2) is 11.9. The Balaban J connectivity index is 1.66. The van der Waals surface area contributed by atoms with E-state index in [0.717, 1.165) is 29.5 Å². The first-order chi connectivity index (χ1) is 19.2. The van der Waals surface area contributed by atoms with Gasteiger partial charge >= 0.3 is 6.09 Å². The van der Waals surface area contributed by atoms with Crippen LogP contribution in [-0.2, 0) is 6.54 Å². The molecule has 0 unspecified atom stereocenters. The molecule has 0 radical (unpaired) electrons. The van der Waals surface area contributed by atoms with Crippen LogP contribution in [0.5, 0.6) is 0 Å². The van der Waals surface area contributed by atoms with E-state index < -0.39 is 6.09 Å². The van der Waals surface area contributed by atoms with Gasteiger partial charge in [-0.1, -0.05) is 46.5 Å². The predicted molar refractivity (Wildman–Crippen MR) is 158 cm³/mol. The van der Waals surface area contributed by atoms with Gasteiger partial charge in [0.25, 0.3) is 0 Å². The van der Waals surface area contributed by atoms with Crippen molar-refractivity contribution >= 4 is 28.9 Å². The molecule has 0 saturated heterocycles. The smallest absolute Gasteiger partial charge is 0.433 e. The lowest BCUT2D eigenvalue weighted by Gasteiger charge is -2.32. The number of nitrogens with zero attached hydrogens (tertiary/aromatic N) is 6. The van der Waals surface area contributed by atoms with Gasteiger partial charge < -0.3 is 20.7 Å². The Kier molecular flexibility index (Phi) is 8.32. The highest BCUT2D eigenvalue weighted by Gasteiger charge is 2.29. The molecular weight excluding hydrogens is 504 g/mol. The third-order valence-electron chi connectivity index (χ3n) is 8.93. The highest BCUT2D eigenvalue weighted by atomic mass is 16.4. The van der Waals surface area contributed by atoms with Crippen molar-refractivity contribution in [1.29, 1.82) is 0 Å². The van der Waals surface area contributed by atoms with Crippen LogP contribution in [0.2, 0.25) is 0 Å². The van der Waals surface area contributed by atoms with E-state index in [4.69, 9.17) is 20.7 Å². The summed E-state index contributed by atoms with van der Waals surface area (Å²) in [5, 5.41) is 12.8. The number of nitrogens with two attached hydrogens (primary N) is 1. The Hall–Kier alpha value is -3.56. The monoisotopic (exact) mass is 546 g/mol. The zero-order chi connectivity index (χ0) is 28.4. The molecule has 2 saturated carbocycles. The summed E-state index contributed by atoms with van der Waals surface area (Å²) in [6.45, 7) is 9.59. The fourth-order valence-electron chi connectivity index (χ4n) is 6.06. The van der Waals surface area contributed by atoms with Crippen LogP contribution in [0.25, 0.3) is 22.7 Å². The van der Waals surface area contributed by atoms with Crippen LogP contribution in [0.15, 0.2) is 23.3 Å². The molecule has 0 aliphatic heterocycles. The third-order valence-corrected chi connectivity index (χ3v) is 8.93. The van der Waals surface area contributed by atoms with E-state index in [-0.39, 0.29) is 17.7 Å². The molecule has 10 nitrogen and oxygen atoms in total. The Morgan fingerprint density at radius 3 is 2.48 bits per heavy atom. The number of carboxylic acid groups (broad SMARTS) is 1. The zero-order valence-corrected chi connectivity index (χ0v) is 24.1. The molecule has 3 aromatic rings. The average molecular weight is 547 g/mol. The quantitative estimate of drug-likeness (QED) is 0.212. The normalized spacial score (nSPS) is 21.0. The van der Waals surface area contributed by atoms with Gasteiger partial charge in [-0.2, -0.15) is 4.99 Å². The van der Waals surface area contributed by atoms with Crippen LogP contribution in [0, 0.1) is 17.8 Å². The molecule has 2 aliphatic rings. The molecule has 0 bridgehead atoms. The number of carbonyl (C=O) groups is 1. The molecule has 3 aromatic heterocycles. The van der Waals surface area contributed by atoms with Crippen molar-refractivity contribution in [3.63, 3.8) is 0 Å². The van der Waals surface area contributed by atoms with Crippen LogP contribution in [0.1, 0.15) is 96.4 Å². The molecule has 2 fully saturated rings. The summed E-state index contributed by atoms with van der Waals surface area (Å²) < 4.78 is 2.24. The Bertz CT molecular complexity index is 1390. The van der Waals surface area contributed by atoms with Gasteiger partial charge in [-0.15, -0.1) is 0 Å². The minimum absolute atomic E-state index is 0.0572. The van der Waals surface area contributed by atoms with Crippen molar-refractivity contribution in [3.05, 3.63) is 29.7 Å². The van der Waals surface area contributed by atoms with E-state index in [1.807, 2.05) is 12.3 Å². The van der Waals surface area contributed by atoms with Crippen molar-refractivity contribution in [2.45, 2.75) is 97.6 Å². The van der Waals surface area contributed by atoms with Gasteiger partial charge in [0, 0.05) is 18.8 Å². The average Bonchev–Trinajstić information content (AvgIpc) is 3.26. The number of aromatic nitrogens is 5. The minimum Gasteiger partial charge on any atom is -0.463 e. The Labute approximate surface area is 235 Å². The van der Waals surface area contributed by atoms with E-state index in [2.05, 4.69) is 53.6 Å². The van der Waals surface area contributed by atoms with E-state index >= 15 is 0 Å². The number of hydrogen-bond donors (Lipinski definition) is 3. The van der Waals surface area contributed by atoms with Crippen molar-refractivity contribution in [2.75, 3.05) is 5.32 Å². The molecule has 2 aliphatic carbocycles. The number of aliphatic imine (C=N–C) groups is 1. The van der Waals surface area contributed by atoms with Crippen LogP contribution in [0.4, 0.5) is 10.6 Å². The van der Waals surface area contributed by atoms with Crippen molar-refractivity contribution in [3.8, 4) is 11.5 Å². The molecule has 0 aromatic carbocycles. The lowest BCUT2D eigenvalue weighted by atomic mass is 9.80. The van der Waals surface area contributed by atoms with Crippen LogP contribution in [0.3, 0.4) is 0 Å². The second-order valence-electron chi connectivity index (χ2n) is 11.9. The number of rotatable bonds is 9. The molecule has 4 N–H and O–H groups in total. The summed E-state index contributed by atoms with van der Waals surface area (Å²) in [5.41, 5.74) is 9.29. The third kappa shape index (κ3) is 5.95. The molecular formula is C30H42N8O2. The molecule has 214 valence electrons. The van der Waals surface area contributed by atoms with Gasteiger partial charge in [-0.3, -0.25) is 4.98 Å². The summed E-state index contributed by atoms with van der Waals surface area (Å²) in [7, 11) is 0. The van der Waals surface area contributed by atoms with Gasteiger partial charge in [0.15, 0.2) is 28.9 Å². The second-order valence-corrected chi connectivity index (χ2v) is 11.9. The van der Waals surface area contributed by atoms with Crippen LogP contribution in [-0.4, -0.2) is 47.6 Å². The molecule has 0 spiro atoms. The molecule has 1 atom stereocenters. The maximum absolute atomic E-state index is 11.3. The maximum Gasteiger partial charge on any atom is 0.433 e. The number of pyridine rings is 1. The molecule has 40 heavy (non-hydrogen) atoms. The molecule has 5 rings (SSSR count). The van der Waals surface area contributed by atoms with Gasteiger partial charge in [-0.25, -0.2) is 19.7 Å². The first-order valence-corrected chi connectivity index (χ1v) is 14.8. The number of anilines is 1. The summed E-state index contributed by atoms with van der Waals surface area (Å²) in [5.74, 6) is 3.40. The van der Waals surface area contributed by atoms with Gasteiger partial charge in [-0.05, 0) is 74.0 Å². The van der Waals surface area contributed by atoms with Gasteiger partial charge in [0.1, 0.15) is 11.2 Å². The van der Waals surface area contributed by atoms with Crippen LogP contribution < -0.4 is 11.1 Å². The number of imidazole rings is 1. The Morgan fingerprint density at radius 2 is 1.85 bits per heavy atom. The highest BCUT2D eigenvalue weighted by molar-refractivity contribution is 6.01. The fourth-order valence-corrected chi connectivity index (χ4v) is 6.06. The highest BCUT2D eigenvalue weighted by Crippen LogP contribution is 2.36. The first-order valence-electron chi connectivity index (χ1n) is 14.8. The maximum atomic E-state index is 11.3. The van der Waals surface area contributed by atoms with E-state index in [9.17, 15) is 9.90 Å². The lowest BCUT2D eigenvalue weighted by molar-refractivity contribution is 0.205. The number of hydrogen-bond acceptors (Lipinski definition) is 6. The fraction of sp³-hybridized carbons (Fsp3) is 0.600. The minimum atomic E-state index is -1.39. The molecule has 3 heterocycles. The van der Waals surface area contributed by atoms with Crippen LogP contribution >= 0.6 is 0 Å². The van der Waals surface area contributed by atoms with Crippen molar-refractivity contribution in [2.24, 2.45) is 28.5 Å². The summed E-state index contributed by atoms with van der Waals surface area (Å²) in [6.07, 6.45) is 10.1.